The lowest BCUT2D eigenvalue weighted by atomic mass is 10.0. The number of piperidine rings is 1. The van der Waals surface area contributed by atoms with Crippen molar-refractivity contribution < 1.29 is 14.4 Å². The molecule has 8 heteroatoms. The molecule has 2 aromatic carbocycles. The summed E-state index contributed by atoms with van der Waals surface area (Å²) < 4.78 is 1.89. The lowest BCUT2D eigenvalue weighted by Gasteiger charge is -2.29. The molecule has 3 heterocycles. The number of carbonyl (C=O) groups excluding carboxylic acids is 2. The van der Waals surface area contributed by atoms with E-state index in [1.807, 2.05) is 65.4 Å². The maximum absolute atomic E-state index is 12.9. The van der Waals surface area contributed by atoms with Gasteiger partial charge in [-0.2, -0.15) is 5.06 Å². The molecule has 1 unspecified atom stereocenters. The van der Waals surface area contributed by atoms with Crippen molar-refractivity contribution in [3.63, 3.8) is 0 Å². The molecule has 0 aliphatic carbocycles. The molecule has 3 aromatic rings. The van der Waals surface area contributed by atoms with Gasteiger partial charge in [0.1, 0.15) is 12.6 Å². The number of aromatic nitrogens is 2. The predicted octanol–water partition coefficient (Wildman–Crippen LogP) is 3.21. The average molecular weight is 417 g/mol. The predicted molar refractivity (Wildman–Crippen MR) is 114 cm³/mol. The second-order valence-corrected chi connectivity index (χ2v) is 7.77. The van der Waals surface area contributed by atoms with E-state index in [9.17, 15) is 9.59 Å². The SMILES string of the molecule is O=C(Nc1ccc(-n2ccnc2)cc1)[C@@H]1CCC2CN1C(=O)N2OCc1ccccc1. The van der Waals surface area contributed by atoms with E-state index in [-0.39, 0.29) is 18.0 Å². The first-order valence-corrected chi connectivity index (χ1v) is 10.3. The first-order valence-electron chi connectivity index (χ1n) is 10.3. The van der Waals surface area contributed by atoms with Gasteiger partial charge in [-0.05, 0) is 42.7 Å². The van der Waals surface area contributed by atoms with Crippen molar-refractivity contribution in [2.45, 2.75) is 31.5 Å². The number of hydroxylamine groups is 2. The fraction of sp³-hybridized carbons (Fsp3) is 0.261. The topological polar surface area (TPSA) is 79.7 Å². The molecule has 2 atom stereocenters. The highest BCUT2D eigenvalue weighted by Gasteiger charge is 2.47. The zero-order valence-corrected chi connectivity index (χ0v) is 16.9. The number of imidazole rings is 1. The number of amides is 3. The van der Waals surface area contributed by atoms with E-state index in [0.717, 1.165) is 17.7 Å². The van der Waals surface area contributed by atoms with E-state index in [4.69, 9.17) is 4.84 Å². The molecule has 2 saturated heterocycles. The molecule has 0 saturated carbocycles. The Kier molecular flexibility index (Phi) is 5.13. The molecule has 5 rings (SSSR count). The Morgan fingerprint density at radius 2 is 1.90 bits per heavy atom. The number of rotatable bonds is 6. The summed E-state index contributed by atoms with van der Waals surface area (Å²) >= 11 is 0. The van der Waals surface area contributed by atoms with Crippen molar-refractivity contribution in [3.8, 4) is 5.69 Å². The van der Waals surface area contributed by atoms with Crippen LogP contribution in [0.4, 0.5) is 10.5 Å². The highest BCUT2D eigenvalue weighted by atomic mass is 16.7. The molecule has 31 heavy (non-hydrogen) atoms. The molecular formula is C23H23N5O3. The van der Waals surface area contributed by atoms with Gasteiger partial charge in [0, 0.05) is 30.3 Å². The van der Waals surface area contributed by atoms with Crippen molar-refractivity contribution in [1.82, 2.24) is 19.5 Å². The van der Waals surface area contributed by atoms with Gasteiger partial charge in [-0.15, -0.1) is 0 Å². The summed E-state index contributed by atoms with van der Waals surface area (Å²) in [6, 6.07) is 16.5. The first kappa shape index (κ1) is 19.3. The van der Waals surface area contributed by atoms with Crippen LogP contribution in [-0.2, 0) is 16.2 Å². The van der Waals surface area contributed by atoms with E-state index in [0.29, 0.717) is 25.3 Å². The van der Waals surface area contributed by atoms with Crippen LogP contribution in [0.2, 0.25) is 0 Å². The van der Waals surface area contributed by atoms with Crippen molar-refractivity contribution in [2.75, 3.05) is 11.9 Å². The normalized spacial score (nSPS) is 20.2. The Morgan fingerprint density at radius 1 is 1.10 bits per heavy atom. The molecule has 1 aromatic heterocycles. The van der Waals surface area contributed by atoms with Crippen molar-refractivity contribution >= 4 is 17.6 Å². The van der Waals surface area contributed by atoms with Gasteiger partial charge in [-0.3, -0.25) is 9.63 Å². The molecule has 1 N–H and O–H groups in total. The smallest absolute Gasteiger partial charge is 0.324 e. The number of anilines is 1. The number of nitrogens with one attached hydrogen (secondary N) is 1. The average Bonchev–Trinajstić information content (AvgIpc) is 3.42. The number of hydrogen-bond donors (Lipinski definition) is 1. The summed E-state index contributed by atoms with van der Waals surface area (Å²) in [5, 5.41) is 4.39. The minimum atomic E-state index is -0.498. The first-order chi connectivity index (χ1) is 15.2. The number of benzene rings is 2. The second kappa shape index (κ2) is 8.23. The lowest BCUT2D eigenvalue weighted by molar-refractivity contribution is -0.140. The van der Waals surface area contributed by atoms with Gasteiger partial charge in [-0.1, -0.05) is 30.3 Å². The summed E-state index contributed by atoms with van der Waals surface area (Å²) in [5.41, 5.74) is 2.65. The van der Waals surface area contributed by atoms with Gasteiger partial charge in [0.2, 0.25) is 5.91 Å². The van der Waals surface area contributed by atoms with Crippen LogP contribution in [0.5, 0.6) is 0 Å². The van der Waals surface area contributed by atoms with Crippen molar-refractivity contribution in [2.24, 2.45) is 0 Å². The second-order valence-electron chi connectivity index (χ2n) is 7.77. The fourth-order valence-electron chi connectivity index (χ4n) is 4.14. The molecule has 3 amide bonds. The van der Waals surface area contributed by atoms with Gasteiger partial charge < -0.3 is 14.8 Å². The highest BCUT2D eigenvalue weighted by Crippen LogP contribution is 2.31. The Balaban J connectivity index is 1.21. The number of nitrogens with zero attached hydrogens (tertiary/aromatic N) is 4. The van der Waals surface area contributed by atoms with Crippen molar-refractivity contribution in [1.29, 1.82) is 0 Å². The Labute approximate surface area is 180 Å². The maximum Gasteiger partial charge on any atom is 0.345 e. The molecule has 0 radical (unpaired) electrons. The number of fused-ring (bicyclic) bond motifs is 2. The van der Waals surface area contributed by atoms with Gasteiger partial charge in [0.15, 0.2) is 0 Å². The molecule has 2 fully saturated rings. The minimum Gasteiger partial charge on any atom is -0.324 e. The quantitative estimate of drug-likeness (QED) is 0.668. The van der Waals surface area contributed by atoms with Crippen LogP contribution in [0.1, 0.15) is 18.4 Å². The molecule has 2 aliphatic rings. The standard InChI is InChI=1S/C23H23N5O3/c29-22(25-18-6-8-19(9-7-18)26-13-12-24-16-26)21-11-10-20-14-27(21)23(30)28(20)31-15-17-4-2-1-3-5-17/h1-9,12-13,16,20-21H,10-11,14-15H2,(H,25,29)/t20?,21-/m0/s1. The van der Waals surface area contributed by atoms with Crippen molar-refractivity contribution in [3.05, 3.63) is 78.9 Å². The fourth-order valence-corrected chi connectivity index (χ4v) is 4.14. The van der Waals surface area contributed by atoms with E-state index in [2.05, 4.69) is 10.3 Å². The molecule has 8 nitrogen and oxygen atoms in total. The molecule has 2 bridgehead atoms. The number of carbonyl (C=O) groups is 2. The van der Waals surface area contributed by atoms with Crippen LogP contribution in [0.25, 0.3) is 5.69 Å². The highest BCUT2D eigenvalue weighted by molar-refractivity contribution is 5.97. The van der Waals surface area contributed by atoms with E-state index >= 15 is 0 Å². The Morgan fingerprint density at radius 3 is 2.65 bits per heavy atom. The summed E-state index contributed by atoms with van der Waals surface area (Å²) in [6.45, 7) is 0.836. The van der Waals surface area contributed by atoms with E-state index < -0.39 is 6.04 Å². The van der Waals surface area contributed by atoms with E-state index in [1.165, 1.54) is 5.06 Å². The third kappa shape index (κ3) is 3.89. The Bertz CT molecular complexity index is 1050. The molecular weight excluding hydrogens is 394 g/mol. The van der Waals surface area contributed by atoms with Crippen LogP contribution >= 0.6 is 0 Å². The van der Waals surface area contributed by atoms with Crippen LogP contribution in [-0.4, -0.2) is 50.1 Å². The van der Waals surface area contributed by atoms with Gasteiger partial charge in [0.25, 0.3) is 0 Å². The van der Waals surface area contributed by atoms with E-state index in [1.54, 1.807) is 17.4 Å². The zero-order chi connectivity index (χ0) is 21.2. The van der Waals surface area contributed by atoms with Crippen LogP contribution in [0.3, 0.4) is 0 Å². The molecule has 0 spiro atoms. The van der Waals surface area contributed by atoms with Gasteiger partial charge in [0.05, 0.1) is 12.4 Å². The Hall–Kier alpha value is -3.65. The van der Waals surface area contributed by atoms with Crippen LogP contribution in [0.15, 0.2) is 73.3 Å². The third-order valence-electron chi connectivity index (χ3n) is 5.78. The molecule has 158 valence electrons. The summed E-state index contributed by atoms with van der Waals surface area (Å²) in [7, 11) is 0. The summed E-state index contributed by atoms with van der Waals surface area (Å²) in [5.74, 6) is -0.174. The van der Waals surface area contributed by atoms with Gasteiger partial charge >= 0.3 is 6.03 Å². The number of hydrogen-bond acceptors (Lipinski definition) is 4. The monoisotopic (exact) mass is 417 g/mol. The third-order valence-corrected chi connectivity index (χ3v) is 5.78. The zero-order valence-electron chi connectivity index (χ0n) is 16.9. The number of urea groups is 1. The summed E-state index contributed by atoms with van der Waals surface area (Å²) in [4.78, 5) is 37.3. The maximum atomic E-state index is 12.9. The lowest BCUT2D eigenvalue weighted by Crippen LogP contribution is -2.47. The minimum absolute atomic E-state index is 0.0188. The van der Waals surface area contributed by atoms with Gasteiger partial charge in [-0.25, -0.2) is 9.78 Å². The van der Waals surface area contributed by atoms with Crippen LogP contribution in [0, 0.1) is 0 Å². The summed E-state index contributed by atoms with van der Waals surface area (Å²) in [6.07, 6.45) is 6.63. The van der Waals surface area contributed by atoms with Crippen LogP contribution < -0.4 is 5.32 Å². The largest absolute Gasteiger partial charge is 0.345 e. The molecule has 2 aliphatic heterocycles.